The molecule has 0 saturated heterocycles. The third-order valence-electron chi connectivity index (χ3n) is 2.06. The monoisotopic (exact) mass is 232 g/mol. The van der Waals surface area contributed by atoms with E-state index in [1.54, 1.807) is 18.6 Å². The molecule has 2 aromatic rings. The second kappa shape index (κ2) is 4.60. The van der Waals surface area contributed by atoms with E-state index in [0.717, 1.165) is 6.54 Å². The van der Waals surface area contributed by atoms with Gasteiger partial charge in [-0.2, -0.15) is 5.10 Å². The van der Waals surface area contributed by atoms with Gasteiger partial charge in [-0.3, -0.25) is 9.78 Å². The number of hydrogen-bond donors (Lipinski definition) is 2. The van der Waals surface area contributed by atoms with Crippen molar-refractivity contribution in [2.24, 2.45) is 5.73 Å². The molecular formula is C10H12N6O. The molecule has 0 spiro atoms. The summed E-state index contributed by atoms with van der Waals surface area (Å²) in [7, 11) is 0. The zero-order valence-corrected chi connectivity index (χ0v) is 9.29. The highest BCUT2D eigenvalue weighted by molar-refractivity contribution is 5.90. The van der Waals surface area contributed by atoms with Gasteiger partial charge in [-0.25, -0.2) is 9.67 Å². The fourth-order valence-corrected chi connectivity index (χ4v) is 1.32. The number of anilines is 1. The molecule has 0 aliphatic rings. The SMILES string of the molecule is CCNc1cncc(-n2ccc(C(N)=O)n2)n1. The zero-order valence-electron chi connectivity index (χ0n) is 9.29. The molecule has 0 bridgehead atoms. The molecule has 7 nitrogen and oxygen atoms in total. The van der Waals surface area contributed by atoms with Crippen LogP contribution in [0.25, 0.3) is 5.82 Å². The lowest BCUT2D eigenvalue weighted by molar-refractivity contribution is 0.0995. The van der Waals surface area contributed by atoms with Crippen LogP contribution in [0, 0.1) is 0 Å². The lowest BCUT2D eigenvalue weighted by Crippen LogP contribution is -2.12. The Balaban J connectivity index is 2.31. The quantitative estimate of drug-likeness (QED) is 0.784. The Labute approximate surface area is 97.7 Å². The summed E-state index contributed by atoms with van der Waals surface area (Å²) in [6.45, 7) is 2.72. The Morgan fingerprint density at radius 3 is 3.00 bits per heavy atom. The van der Waals surface area contributed by atoms with Crippen LogP contribution in [0.5, 0.6) is 0 Å². The van der Waals surface area contributed by atoms with E-state index >= 15 is 0 Å². The first-order chi connectivity index (χ1) is 8.20. The van der Waals surface area contributed by atoms with Crippen molar-refractivity contribution in [2.75, 3.05) is 11.9 Å². The van der Waals surface area contributed by atoms with Crippen molar-refractivity contribution in [3.05, 3.63) is 30.4 Å². The van der Waals surface area contributed by atoms with Gasteiger partial charge in [-0.1, -0.05) is 0 Å². The van der Waals surface area contributed by atoms with Crippen LogP contribution in [0.15, 0.2) is 24.7 Å². The van der Waals surface area contributed by atoms with Gasteiger partial charge in [0.05, 0.1) is 12.4 Å². The summed E-state index contributed by atoms with van der Waals surface area (Å²) in [6, 6.07) is 1.53. The predicted molar refractivity (Wildman–Crippen MR) is 61.8 cm³/mol. The van der Waals surface area contributed by atoms with E-state index in [1.165, 1.54) is 10.7 Å². The van der Waals surface area contributed by atoms with Crippen LogP contribution in [0.4, 0.5) is 5.82 Å². The summed E-state index contributed by atoms with van der Waals surface area (Å²) in [4.78, 5) is 19.2. The van der Waals surface area contributed by atoms with Gasteiger partial charge >= 0.3 is 0 Å². The molecule has 1 amide bonds. The average Bonchev–Trinajstić information content (AvgIpc) is 2.79. The molecule has 3 N–H and O–H groups in total. The number of aromatic nitrogens is 4. The summed E-state index contributed by atoms with van der Waals surface area (Å²) in [5.41, 5.74) is 5.31. The molecule has 2 aromatic heterocycles. The van der Waals surface area contributed by atoms with Crippen LogP contribution in [0.3, 0.4) is 0 Å². The predicted octanol–water partition coefficient (Wildman–Crippen LogP) is 0.193. The molecule has 0 aromatic carbocycles. The number of amides is 1. The highest BCUT2D eigenvalue weighted by atomic mass is 16.1. The lowest BCUT2D eigenvalue weighted by Gasteiger charge is -2.04. The summed E-state index contributed by atoms with van der Waals surface area (Å²) in [5, 5.41) is 7.03. The van der Waals surface area contributed by atoms with Gasteiger partial charge in [0, 0.05) is 12.7 Å². The molecular weight excluding hydrogens is 220 g/mol. The van der Waals surface area contributed by atoms with Gasteiger partial charge in [0.1, 0.15) is 11.5 Å². The molecule has 17 heavy (non-hydrogen) atoms. The van der Waals surface area contributed by atoms with Crippen molar-refractivity contribution in [1.29, 1.82) is 0 Å². The van der Waals surface area contributed by atoms with Crippen LogP contribution >= 0.6 is 0 Å². The molecule has 0 fully saturated rings. The number of hydrogen-bond acceptors (Lipinski definition) is 5. The van der Waals surface area contributed by atoms with Crippen molar-refractivity contribution in [2.45, 2.75) is 6.92 Å². The van der Waals surface area contributed by atoms with E-state index in [-0.39, 0.29) is 5.69 Å². The smallest absolute Gasteiger partial charge is 0.269 e. The number of carbonyl (C=O) groups excluding carboxylic acids is 1. The van der Waals surface area contributed by atoms with Crippen LogP contribution in [0.2, 0.25) is 0 Å². The highest BCUT2D eigenvalue weighted by Crippen LogP contribution is 2.07. The third-order valence-corrected chi connectivity index (χ3v) is 2.06. The van der Waals surface area contributed by atoms with E-state index < -0.39 is 5.91 Å². The van der Waals surface area contributed by atoms with Crippen LogP contribution in [-0.4, -0.2) is 32.2 Å². The minimum absolute atomic E-state index is 0.195. The Bertz CT molecular complexity index is 535. The van der Waals surface area contributed by atoms with Crippen molar-refractivity contribution < 1.29 is 4.79 Å². The minimum atomic E-state index is -0.570. The molecule has 2 heterocycles. The molecule has 0 aliphatic heterocycles. The number of nitrogens with two attached hydrogens (primary N) is 1. The fraction of sp³-hybridized carbons (Fsp3) is 0.200. The van der Waals surface area contributed by atoms with Gasteiger partial charge in [0.2, 0.25) is 0 Å². The van der Waals surface area contributed by atoms with E-state index in [2.05, 4.69) is 20.4 Å². The average molecular weight is 232 g/mol. The number of carbonyl (C=O) groups is 1. The fourth-order valence-electron chi connectivity index (χ4n) is 1.32. The Hall–Kier alpha value is -2.44. The normalized spacial score (nSPS) is 10.2. The van der Waals surface area contributed by atoms with Crippen molar-refractivity contribution in [1.82, 2.24) is 19.7 Å². The van der Waals surface area contributed by atoms with E-state index in [4.69, 9.17) is 5.73 Å². The maximum atomic E-state index is 10.9. The van der Waals surface area contributed by atoms with Gasteiger partial charge in [-0.15, -0.1) is 0 Å². The first-order valence-corrected chi connectivity index (χ1v) is 5.12. The summed E-state index contributed by atoms with van der Waals surface area (Å²) >= 11 is 0. The highest BCUT2D eigenvalue weighted by Gasteiger charge is 2.07. The molecule has 0 radical (unpaired) electrons. The second-order valence-corrected chi connectivity index (χ2v) is 3.30. The van der Waals surface area contributed by atoms with Gasteiger partial charge in [0.15, 0.2) is 5.82 Å². The van der Waals surface area contributed by atoms with E-state index in [1.807, 2.05) is 6.92 Å². The largest absolute Gasteiger partial charge is 0.369 e. The number of rotatable bonds is 4. The van der Waals surface area contributed by atoms with Crippen LogP contribution in [-0.2, 0) is 0 Å². The first-order valence-electron chi connectivity index (χ1n) is 5.12. The zero-order chi connectivity index (χ0) is 12.3. The Morgan fingerprint density at radius 2 is 2.35 bits per heavy atom. The van der Waals surface area contributed by atoms with E-state index in [9.17, 15) is 4.79 Å². The number of primary amides is 1. The maximum Gasteiger partial charge on any atom is 0.269 e. The van der Waals surface area contributed by atoms with Crippen molar-refractivity contribution in [3.63, 3.8) is 0 Å². The molecule has 0 unspecified atom stereocenters. The van der Waals surface area contributed by atoms with E-state index in [0.29, 0.717) is 11.6 Å². The van der Waals surface area contributed by atoms with Crippen LogP contribution in [0.1, 0.15) is 17.4 Å². The standard InChI is InChI=1S/C10H12N6O/c1-2-13-8-5-12-6-9(14-8)16-4-3-7(15-16)10(11)17/h3-6H,2H2,1H3,(H2,11,17)(H,13,14). The van der Waals surface area contributed by atoms with Gasteiger partial charge in [0.25, 0.3) is 5.91 Å². The Morgan fingerprint density at radius 1 is 1.53 bits per heavy atom. The third kappa shape index (κ3) is 2.39. The Kier molecular flexibility index (Phi) is 2.99. The first kappa shape index (κ1) is 11.1. The van der Waals surface area contributed by atoms with Gasteiger partial charge < -0.3 is 11.1 Å². The minimum Gasteiger partial charge on any atom is -0.369 e. The molecule has 0 aliphatic carbocycles. The second-order valence-electron chi connectivity index (χ2n) is 3.30. The van der Waals surface area contributed by atoms with Crippen molar-refractivity contribution >= 4 is 11.7 Å². The molecule has 7 heteroatoms. The number of nitrogens with zero attached hydrogens (tertiary/aromatic N) is 4. The van der Waals surface area contributed by atoms with Crippen molar-refractivity contribution in [3.8, 4) is 5.82 Å². The molecule has 0 atom stereocenters. The molecule has 2 rings (SSSR count). The maximum absolute atomic E-state index is 10.9. The topological polar surface area (TPSA) is 98.7 Å². The van der Waals surface area contributed by atoms with Gasteiger partial charge in [-0.05, 0) is 13.0 Å². The summed E-state index contributed by atoms with van der Waals surface area (Å²) < 4.78 is 1.45. The number of nitrogens with one attached hydrogen (secondary N) is 1. The van der Waals surface area contributed by atoms with Crippen LogP contribution < -0.4 is 11.1 Å². The lowest BCUT2D eigenvalue weighted by atomic mass is 10.4. The molecule has 88 valence electrons. The molecule has 0 saturated carbocycles. The summed E-state index contributed by atoms with van der Waals surface area (Å²) in [6.07, 6.45) is 4.78. The summed E-state index contributed by atoms with van der Waals surface area (Å²) in [5.74, 6) is 0.608.